The van der Waals surface area contributed by atoms with Gasteiger partial charge in [-0.05, 0) is 23.5 Å². The molecule has 1 amide bonds. The van der Waals surface area contributed by atoms with Gasteiger partial charge in [0.05, 0.1) is 13.2 Å². The highest BCUT2D eigenvalue weighted by Crippen LogP contribution is 2.22. The zero-order chi connectivity index (χ0) is 13.7. The number of benzene rings is 1. The van der Waals surface area contributed by atoms with Crippen molar-refractivity contribution in [2.75, 3.05) is 26.8 Å². The van der Waals surface area contributed by atoms with Gasteiger partial charge >= 0.3 is 0 Å². The van der Waals surface area contributed by atoms with E-state index in [1.807, 2.05) is 29.2 Å². The number of likely N-dealkylation sites (tertiary alicyclic amines) is 1. The van der Waals surface area contributed by atoms with E-state index >= 15 is 0 Å². The lowest BCUT2D eigenvalue weighted by Gasteiger charge is -2.16. The number of aliphatic hydroxyl groups excluding tert-OH is 1. The van der Waals surface area contributed by atoms with Crippen molar-refractivity contribution in [2.24, 2.45) is 5.92 Å². The number of hydrogen-bond donors (Lipinski definition) is 1. The maximum Gasteiger partial charge on any atom is 0.223 e. The predicted octanol–water partition coefficient (Wildman–Crippen LogP) is 1.22. The Morgan fingerprint density at radius 2 is 2.00 bits per heavy atom. The highest BCUT2D eigenvalue weighted by atomic mass is 16.5. The molecule has 0 saturated carbocycles. The number of nitrogens with zero attached hydrogens (tertiary/aromatic N) is 1. The molecule has 0 spiro atoms. The van der Waals surface area contributed by atoms with Crippen LogP contribution in [-0.2, 0) is 22.6 Å². The molecule has 1 aliphatic rings. The fraction of sp³-hybridized carbons (Fsp3) is 0.533. The van der Waals surface area contributed by atoms with E-state index in [4.69, 9.17) is 9.84 Å². The van der Waals surface area contributed by atoms with Crippen LogP contribution in [0.5, 0.6) is 0 Å². The Bertz CT molecular complexity index is 416. The Hall–Kier alpha value is -1.39. The second kappa shape index (κ2) is 6.68. The van der Waals surface area contributed by atoms with Crippen LogP contribution in [0.2, 0.25) is 0 Å². The normalized spacial score (nSPS) is 19.2. The summed E-state index contributed by atoms with van der Waals surface area (Å²) in [6, 6.07) is 7.95. The minimum absolute atomic E-state index is 0.0764. The van der Waals surface area contributed by atoms with Gasteiger partial charge in [-0.3, -0.25) is 4.79 Å². The number of carbonyl (C=O) groups excluding carboxylic acids is 1. The number of methoxy groups -OCH3 is 1. The van der Waals surface area contributed by atoms with Crippen LogP contribution >= 0.6 is 0 Å². The van der Waals surface area contributed by atoms with Crippen LogP contribution in [0.15, 0.2) is 24.3 Å². The third-order valence-electron chi connectivity index (χ3n) is 3.59. The van der Waals surface area contributed by atoms with Gasteiger partial charge in [-0.15, -0.1) is 0 Å². The van der Waals surface area contributed by atoms with Gasteiger partial charge in [0, 0.05) is 26.6 Å². The number of aliphatic hydroxyl groups is 1. The maximum absolute atomic E-state index is 11.8. The molecular formula is C15H21NO3. The molecule has 0 aromatic heterocycles. The fourth-order valence-electron chi connectivity index (χ4n) is 2.52. The molecule has 1 N–H and O–H groups in total. The summed E-state index contributed by atoms with van der Waals surface area (Å²) in [6.07, 6.45) is 1.55. The average Bonchev–Trinajstić information content (AvgIpc) is 2.77. The molecule has 1 aliphatic heterocycles. The van der Waals surface area contributed by atoms with Crippen LogP contribution in [0.1, 0.15) is 17.5 Å². The predicted molar refractivity (Wildman–Crippen MR) is 72.6 cm³/mol. The smallest absolute Gasteiger partial charge is 0.223 e. The second-order valence-electron chi connectivity index (χ2n) is 5.08. The monoisotopic (exact) mass is 263 g/mol. The SMILES string of the molecule is COCCN1C[C@@H](Cc2ccc(CO)cc2)CC1=O. The van der Waals surface area contributed by atoms with Crippen LogP contribution < -0.4 is 0 Å². The molecule has 1 aromatic rings. The topological polar surface area (TPSA) is 49.8 Å². The Balaban J connectivity index is 1.88. The Morgan fingerprint density at radius 1 is 1.32 bits per heavy atom. The molecule has 1 heterocycles. The highest BCUT2D eigenvalue weighted by Gasteiger charge is 2.28. The van der Waals surface area contributed by atoms with Gasteiger partial charge in [0.1, 0.15) is 0 Å². The van der Waals surface area contributed by atoms with Gasteiger partial charge in [0.25, 0.3) is 0 Å². The summed E-state index contributed by atoms with van der Waals surface area (Å²) in [5.74, 6) is 0.623. The van der Waals surface area contributed by atoms with Crippen molar-refractivity contribution < 1.29 is 14.6 Å². The van der Waals surface area contributed by atoms with Crippen LogP contribution in [0, 0.1) is 5.92 Å². The number of hydrogen-bond acceptors (Lipinski definition) is 3. The van der Waals surface area contributed by atoms with E-state index in [9.17, 15) is 4.79 Å². The van der Waals surface area contributed by atoms with Crippen molar-refractivity contribution >= 4 is 5.91 Å². The molecule has 1 aromatic carbocycles. The summed E-state index contributed by atoms with van der Waals surface area (Å²) in [6.45, 7) is 2.19. The standard InChI is InChI=1S/C15H21NO3/c1-19-7-6-16-10-14(9-15(16)18)8-12-2-4-13(11-17)5-3-12/h2-5,14,17H,6-11H2,1H3/t14-/m0/s1. The van der Waals surface area contributed by atoms with Crippen molar-refractivity contribution in [2.45, 2.75) is 19.4 Å². The molecule has 2 rings (SSSR count). The van der Waals surface area contributed by atoms with Crippen LogP contribution in [0.3, 0.4) is 0 Å². The van der Waals surface area contributed by atoms with E-state index < -0.39 is 0 Å². The van der Waals surface area contributed by atoms with Crippen molar-refractivity contribution in [1.82, 2.24) is 4.90 Å². The minimum atomic E-state index is 0.0764. The van der Waals surface area contributed by atoms with Crippen LogP contribution in [-0.4, -0.2) is 42.7 Å². The Labute approximate surface area is 114 Å². The third kappa shape index (κ3) is 3.78. The van der Waals surface area contributed by atoms with Crippen LogP contribution in [0.25, 0.3) is 0 Å². The first kappa shape index (κ1) is 14.0. The summed E-state index contributed by atoms with van der Waals surface area (Å²) >= 11 is 0. The summed E-state index contributed by atoms with van der Waals surface area (Å²) in [5, 5.41) is 9.00. The summed E-state index contributed by atoms with van der Waals surface area (Å²) < 4.78 is 5.01. The van der Waals surface area contributed by atoms with E-state index in [0.29, 0.717) is 25.5 Å². The second-order valence-corrected chi connectivity index (χ2v) is 5.08. The molecule has 19 heavy (non-hydrogen) atoms. The van der Waals surface area contributed by atoms with Crippen molar-refractivity contribution in [3.05, 3.63) is 35.4 Å². The number of ether oxygens (including phenoxy) is 1. The lowest BCUT2D eigenvalue weighted by molar-refractivity contribution is -0.128. The maximum atomic E-state index is 11.8. The van der Waals surface area contributed by atoms with Gasteiger partial charge in [-0.25, -0.2) is 0 Å². The summed E-state index contributed by atoms with van der Waals surface area (Å²) in [4.78, 5) is 13.7. The summed E-state index contributed by atoms with van der Waals surface area (Å²) in [5.41, 5.74) is 2.15. The average molecular weight is 263 g/mol. The zero-order valence-electron chi connectivity index (χ0n) is 11.3. The molecule has 104 valence electrons. The van der Waals surface area contributed by atoms with E-state index in [2.05, 4.69) is 0 Å². The van der Waals surface area contributed by atoms with Gasteiger partial charge in [0.2, 0.25) is 5.91 Å². The Kier molecular flexibility index (Phi) is 4.93. The largest absolute Gasteiger partial charge is 0.392 e. The summed E-state index contributed by atoms with van der Waals surface area (Å²) in [7, 11) is 1.65. The first-order chi connectivity index (χ1) is 9.22. The molecule has 0 aliphatic carbocycles. The van der Waals surface area contributed by atoms with Crippen molar-refractivity contribution in [3.8, 4) is 0 Å². The molecule has 0 radical (unpaired) electrons. The lowest BCUT2D eigenvalue weighted by atomic mass is 9.98. The van der Waals surface area contributed by atoms with E-state index in [1.165, 1.54) is 5.56 Å². The van der Waals surface area contributed by atoms with Gasteiger partial charge < -0.3 is 14.7 Å². The van der Waals surface area contributed by atoms with E-state index in [1.54, 1.807) is 7.11 Å². The molecule has 4 heteroatoms. The first-order valence-electron chi connectivity index (χ1n) is 6.68. The van der Waals surface area contributed by atoms with Crippen LogP contribution in [0.4, 0.5) is 0 Å². The van der Waals surface area contributed by atoms with E-state index in [0.717, 1.165) is 18.5 Å². The molecule has 1 fully saturated rings. The van der Waals surface area contributed by atoms with Gasteiger partial charge in [0.15, 0.2) is 0 Å². The molecular weight excluding hydrogens is 242 g/mol. The Morgan fingerprint density at radius 3 is 2.63 bits per heavy atom. The number of carbonyl (C=O) groups is 1. The quantitative estimate of drug-likeness (QED) is 0.839. The number of amides is 1. The first-order valence-corrected chi connectivity index (χ1v) is 6.68. The van der Waals surface area contributed by atoms with Gasteiger partial charge in [-0.1, -0.05) is 24.3 Å². The molecule has 1 saturated heterocycles. The van der Waals surface area contributed by atoms with Crippen molar-refractivity contribution in [1.29, 1.82) is 0 Å². The minimum Gasteiger partial charge on any atom is -0.392 e. The molecule has 1 atom stereocenters. The molecule has 0 bridgehead atoms. The molecule has 0 unspecified atom stereocenters. The third-order valence-corrected chi connectivity index (χ3v) is 3.59. The highest BCUT2D eigenvalue weighted by molar-refractivity contribution is 5.78. The molecule has 4 nitrogen and oxygen atoms in total. The zero-order valence-corrected chi connectivity index (χ0v) is 11.3. The lowest BCUT2D eigenvalue weighted by Crippen LogP contribution is -2.28. The number of rotatable bonds is 6. The van der Waals surface area contributed by atoms with Gasteiger partial charge in [-0.2, -0.15) is 0 Å². The fourth-order valence-corrected chi connectivity index (χ4v) is 2.52. The van der Waals surface area contributed by atoms with Crippen molar-refractivity contribution in [3.63, 3.8) is 0 Å². The van der Waals surface area contributed by atoms with E-state index in [-0.39, 0.29) is 12.5 Å².